The van der Waals surface area contributed by atoms with Gasteiger partial charge in [-0.25, -0.2) is 4.79 Å². The van der Waals surface area contributed by atoms with Crippen LogP contribution in [0.25, 0.3) is 0 Å². The highest BCUT2D eigenvalue weighted by atomic mass is 35.5. The average Bonchev–Trinajstić information content (AvgIpc) is 2.48. The van der Waals surface area contributed by atoms with Crippen LogP contribution in [0.5, 0.6) is 0 Å². The molecule has 1 saturated heterocycles. The van der Waals surface area contributed by atoms with Gasteiger partial charge in [0, 0.05) is 50.5 Å². The molecule has 1 aromatic rings. The van der Waals surface area contributed by atoms with Gasteiger partial charge >= 0.3 is 6.03 Å². The first-order valence-corrected chi connectivity index (χ1v) is 7.03. The third-order valence-corrected chi connectivity index (χ3v) is 3.32. The van der Waals surface area contributed by atoms with Gasteiger partial charge < -0.3 is 21.7 Å². The van der Waals surface area contributed by atoms with Gasteiger partial charge in [0.2, 0.25) is 0 Å². The van der Waals surface area contributed by atoms with Crippen LogP contribution < -0.4 is 21.7 Å². The Bertz CT molecular complexity index is 506. The number of urea groups is 1. The zero-order valence-corrected chi connectivity index (χ0v) is 13.1. The maximum atomic E-state index is 12.0. The van der Waals surface area contributed by atoms with Crippen molar-refractivity contribution in [1.82, 2.24) is 15.5 Å². The van der Waals surface area contributed by atoms with Crippen LogP contribution in [0.15, 0.2) is 24.3 Å². The van der Waals surface area contributed by atoms with Crippen LogP contribution in [-0.2, 0) is 0 Å². The SMILES string of the molecule is Cl.NC(=O)Nc1cccc(C(=O)NCCN2CCNCC2)c1. The molecular formula is C14H22ClN5O2. The fourth-order valence-corrected chi connectivity index (χ4v) is 2.24. The smallest absolute Gasteiger partial charge is 0.316 e. The van der Waals surface area contributed by atoms with Gasteiger partial charge in [-0.1, -0.05) is 6.07 Å². The Balaban J connectivity index is 0.00000242. The summed E-state index contributed by atoms with van der Waals surface area (Å²) in [4.78, 5) is 25.1. The summed E-state index contributed by atoms with van der Waals surface area (Å²) in [5.74, 6) is -0.154. The van der Waals surface area contributed by atoms with E-state index in [-0.39, 0.29) is 18.3 Å². The first-order chi connectivity index (χ1) is 10.1. The second-order valence-electron chi connectivity index (χ2n) is 4.92. The zero-order valence-electron chi connectivity index (χ0n) is 12.3. The number of primary amides is 1. The number of halogens is 1. The molecule has 0 bridgehead atoms. The maximum Gasteiger partial charge on any atom is 0.316 e. The Morgan fingerprint density at radius 2 is 2.00 bits per heavy atom. The van der Waals surface area contributed by atoms with E-state index in [1.165, 1.54) is 0 Å². The van der Waals surface area contributed by atoms with Gasteiger partial charge in [0.25, 0.3) is 5.91 Å². The van der Waals surface area contributed by atoms with Crippen molar-refractivity contribution in [2.45, 2.75) is 0 Å². The van der Waals surface area contributed by atoms with Crippen LogP contribution in [0.3, 0.4) is 0 Å². The van der Waals surface area contributed by atoms with Crippen LogP contribution in [0, 0.1) is 0 Å². The number of hydrogen-bond acceptors (Lipinski definition) is 4. The van der Waals surface area contributed by atoms with E-state index in [0.29, 0.717) is 17.8 Å². The number of carbonyl (C=O) groups is 2. The maximum absolute atomic E-state index is 12.0. The first kappa shape index (κ1) is 18.2. The van der Waals surface area contributed by atoms with Crippen molar-refractivity contribution in [3.05, 3.63) is 29.8 Å². The molecule has 0 aliphatic carbocycles. The summed E-state index contributed by atoms with van der Waals surface area (Å²) in [6, 6.07) is 6.04. The van der Waals surface area contributed by atoms with Crippen LogP contribution in [0.1, 0.15) is 10.4 Å². The molecule has 1 fully saturated rings. The third kappa shape index (κ3) is 5.88. The molecule has 2 rings (SSSR count). The van der Waals surface area contributed by atoms with Crippen LogP contribution in [0.2, 0.25) is 0 Å². The van der Waals surface area contributed by atoms with E-state index in [2.05, 4.69) is 20.9 Å². The highest BCUT2D eigenvalue weighted by Crippen LogP contribution is 2.10. The fourth-order valence-electron chi connectivity index (χ4n) is 2.24. The minimum Gasteiger partial charge on any atom is -0.351 e. The standard InChI is InChI=1S/C14H21N5O2.ClH/c15-14(21)18-12-3-1-2-11(10-12)13(20)17-6-9-19-7-4-16-5-8-19;/h1-3,10,16H,4-9H2,(H,17,20)(H3,15,18,21);1H. The normalized spacial score (nSPS) is 14.7. The molecule has 1 aliphatic rings. The van der Waals surface area contributed by atoms with Crippen molar-refractivity contribution in [2.24, 2.45) is 5.73 Å². The molecular weight excluding hydrogens is 306 g/mol. The first-order valence-electron chi connectivity index (χ1n) is 7.03. The summed E-state index contributed by atoms with van der Waals surface area (Å²) >= 11 is 0. The Hall–Kier alpha value is -1.83. The zero-order chi connectivity index (χ0) is 15.1. The number of anilines is 1. The molecule has 8 heteroatoms. The molecule has 1 aliphatic heterocycles. The molecule has 7 nitrogen and oxygen atoms in total. The second-order valence-corrected chi connectivity index (χ2v) is 4.92. The Labute approximate surface area is 136 Å². The average molecular weight is 328 g/mol. The summed E-state index contributed by atoms with van der Waals surface area (Å²) in [6.07, 6.45) is 0. The predicted molar refractivity (Wildman–Crippen MR) is 88.5 cm³/mol. The van der Waals surface area contributed by atoms with Crippen molar-refractivity contribution in [3.8, 4) is 0 Å². The number of piperazine rings is 1. The molecule has 0 unspecified atom stereocenters. The molecule has 0 saturated carbocycles. The van der Waals surface area contributed by atoms with E-state index in [4.69, 9.17) is 5.73 Å². The van der Waals surface area contributed by atoms with Crippen LogP contribution >= 0.6 is 12.4 Å². The number of amides is 3. The molecule has 0 atom stereocenters. The minimum atomic E-state index is -0.647. The summed E-state index contributed by atoms with van der Waals surface area (Å²) in [7, 11) is 0. The van der Waals surface area contributed by atoms with Crippen LogP contribution in [-0.4, -0.2) is 56.1 Å². The van der Waals surface area contributed by atoms with Crippen molar-refractivity contribution in [2.75, 3.05) is 44.6 Å². The molecule has 1 aromatic carbocycles. The number of nitrogens with zero attached hydrogens (tertiary/aromatic N) is 1. The number of nitrogens with two attached hydrogens (primary N) is 1. The van der Waals surface area contributed by atoms with Gasteiger partial charge in [0.1, 0.15) is 0 Å². The van der Waals surface area contributed by atoms with Gasteiger partial charge in [0.15, 0.2) is 0 Å². The molecule has 22 heavy (non-hydrogen) atoms. The lowest BCUT2D eigenvalue weighted by molar-refractivity contribution is 0.0947. The molecule has 0 radical (unpaired) electrons. The number of hydrogen-bond donors (Lipinski definition) is 4. The lowest BCUT2D eigenvalue weighted by Crippen LogP contribution is -2.46. The van der Waals surface area contributed by atoms with E-state index < -0.39 is 6.03 Å². The molecule has 1 heterocycles. The van der Waals surface area contributed by atoms with Crippen molar-refractivity contribution in [1.29, 1.82) is 0 Å². The number of rotatable bonds is 5. The lowest BCUT2D eigenvalue weighted by Gasteiger charge is -2.27. The number of benzene rings is 1. The van der Waals surface area contributed by atoms with Gasteiger partial charge in [-0.05, 0) is 18.2 Å². The third-order valence-electron chi connectivity index (χ3n) is 3.32. The monoisotopic (exact) mass is 327 g/mol. The van der Waals surface area contributed by atoms with E-state index in [0.717, 1.165) is 32.7 Å². The predicted octanol–water partition coefficient (Wildman–Crippen LogP) is 0.234. The second kappa shape index (κ2) is 9.24. The largest absolute Gasteiger partial charge is 0.351 e. The summed E-state index contributed by atoms with van der Waals surface area (Å²) in [5, 5.41) is 8.62. The van der Waals surface area contributed by atoms with E-state index in [9.17, 15) is 9.59 Å². The summed E-state index contributed by atoms with van der Waals surface area (Å²) in [6.45, 7) is 5.45. The molecule has 0 spiro atoms. The summed E-state index contributed by atoms with van der Waals surface area (Å²) in [5.41, 5.74) is 6.07. The molecule has 122 valence electrons. The van der Waals surface area contributed by atoms with Crippen LogP contribution in [0.4, 0.5) is 10.5 Å². The van der Waals surface area contributed by atoms with Gasteiger partial charge in [0.05, 0.1) is 0 Å². The lowest BCUT2D eigenvalue weighted by atomic mass is 10.2. The number of nitrogens with one attached hydrogen (secondary N) is 3. The van der Waals surface area contributed by atoms with E-state index >= 15 is 0 Å². The van der Waals surface area contributed by atoms with E-state index in [1.807, 2.05) is 0 Å². The molecule has 5 N–H and O–H groups in total. The fraction of sp³-hybridized carbons (Fsp3) is 0.429. The van der Waals surface area contributed by atoms with Crippen molar-refractivity contribution in [3.63, 3.8) is 0 Å². The summed E-state index contributed by atoms with van der Waals surface area (Å²) < 4.78 is 0. The Morgan fingerprint density at radius 1 is 1.27 bits per heavy atom. The van der Waals surface area contributed by atoms with Gasteiger partial charge in [-0.15, -0.1) is 12.4 Å². The van der Waals surface area contributed by atoms with E-state index in [1.54, 1.807) is 24.3 Å². The Kier molecular flexibility index (Phi) is 7.65. The van der Waals surface area contributed by atoms with Gasteiger partial charge in [-0.3, -0.25) is 9.69 Å². The minimum absolute atomic E-state index is 0. The van der Waals surface area contributed by atoms with Gasteiger partial charge in [-0.2, -0.15) is 0 Å². The van der Waals surface area contributed by atoms with Crippen molar-refractivity contribution < 1.29 is 9.59 Å². The topological polar surface area (TPSA) is 99.5 Å². The molecule has 3 amide bonds. The van der Waals surface area contributed by atoms with Crippen molar-refractivity contribution >= 4 is 30.0 Å². The molecule has 0 aromatic heterocycles. The highest BCUT2D eigenvalue weighted by molar-refractivity contribution is 5.96. The number of carbonyl (C=O) groups excluding carboxylic acids is 2. The quantitative estimate of drug-likeness (QED) is 0.622. The Morgan fingerprint density at radius 3 is 2.68 bits per heavy atom. The highest BCUT2D eigenvalue weighted by Gasteiger charge is 2.10.